The monoisotopic (exact) mass is 304 g/mol. The number of nitrogens with two attached hydrogens (primary N) is 1. The van der Waals surface area contributed by atoms with Crippen LogP contribution in [0.15, 0.2) is 24.3 Å². The molecule has 1 amide bonds. The lowest BCUT2D eigenvalue weighted by atomic mass is 9.99. The molecule has 1 heterocycles. The summed E-state index contributed by atoms with van der Waals surface area (Å²) in [6.07, 6.45) is 3.76. The molecule has 122 valence electrons. The second kappa shape index (κ2) is 8.30. The van der Waals surface area contributed by atoms with Crippen molar-refractivity contribution in [1.29, 1.82) is 0 Å². The second-order valence-electron chi connectivity index (χ2n) is 6.42. The van der Waals surface area contributed by atoms with Gasteiger partial charge in [0.15, 0.2) is 0 Å². The van der Waals surface area contributed by atoms with Crippen LogP contribution in [-0.4, -0.2) is 25.2 Å². The number of carbonyl (C=O) groups excluding carboxylic acids is 1. The minimum atomic E-state index is -0.169. The van der Waals surface area contributed by atoms with Gasteiger partial charge in [-0.25, -0.2) is 0 Å². The first-order valence-corrected chi connectivity index (χ1v) is 8.30. The summed E-state index contributed by atoms with van der Waals surface area (Å²) in [5.41, 5.74) is 8.51. The lowest BCUT2D eigenvalue weighted by Gasteiger charge is -2.22. The molecule has 0 bridgehead atoms. The van der Waals surface area contributed by atoms with E-state index in [1.165, 1.54) is 5.56 Å². The van der Waals surface area contributed by atoms with Crippen molar-refractivity contribution in [2.75, 3.05) is 13.2 Å². The maximum Gasteiger partial charge on any atom is 0.222 e. The fourth-order valence-corrected chi connectivity index (χ4v) is 2.72. The largest absolute Gasteiger partial charge is 0.378 e. The lowest BCUT2D eigenvalue weighted by molar-refractivity contribution is -0.124. The molecule has 1 fully saturated rings. The van der Waals surface area contributed by atoms with E-state index in [1.54, 1.807) is 0 Å². The Kier molecular flexibility index (Phi) is 6.40. The molecule has 1 aromatic carbocycles. The summed E-state index contributed by atoms with van der Waals surface area (Å²) < 4.78 is 5.58. The van der Waals surface area contributed by atoms with Crippen molar-refractivity contribution >= 4 is 5.91 Å². The zero-order valence-electron chi connectivity index (χ0n) is 13.7. The van der Waals surface area contributed by atoms with Crippen LogP contribution >= 0.6 is 0 Å². The smallest absolute Gasteiger partial charge is 0.222 e. The number of amides is 1. The van der Waals surface area contributed by atoms with Gasteiger partial charge in [0, 0.05) is 19.2 Å². The second-order valence-corrected chi connectivity index (χ2v) is 6.42. The van der Waals surface area contributed by atoms with Gasteiger partial charge in [-0.2, -0.15) is 0 Å². The summed E-state index contributed by atoms with van der Waals surface area (Å²) >= 11 is 0. The van der Waals surface area contributed by atoms with Gasteiger partial charge in [-0.15, -0.1) is 0 Å². The van der Waals surface area contributed by atoms with Crippen molar-refractivity contribution in [3.05, 3.63) is 35.4 Å². The molecular formula is C18H28N2O2. The van der Waals surface area contributed by atoms with Gasteiger partial charge in [0.05, 0.1) is 12.5 Å². The molecule has 1 aromatic rings. The van der Waals surface area contributed by atoms with E-state index in [4.69, 9.17) is 10.5 Å². The van der Waals surface area contributed by atoms with Crippen molar-refractivity contribution in [1.82, 2.24) is 5.32 Å². The van der Waals surface area contributed by atoms with E-state index >= 15 is 0 Å². The lowest BCUT2D eigenvalue weighted by Crippen LogP contribution is -2.35. The van der Waals surface area contributed by atoms with Gasteiger partial charge in [-0.05, 0) is 36.3 Å². The van der Waals surface area contributed by atoms with Crippen molar-refractivity contribution in [2.24, 2.45) is 5.73 Å². The maximum atomic E-state index is 11.9. The first-order chi connectivity index (χ1) is 10.6. The maximum absolute atomic E-state index is 11.9. The van der Waals surface area contributed by atoms with Crippen LogP contribution in [0, 0.1) is 0 Å². The Morgan fingerprint density at radius 2 is 1.95 bits per heavy atom. The third-order valence-electron chi connectivity index (χ3n) is 4.24. The average molecular weight is 304 g/mol. The molecule has 2 rings (SSSR count). The van der Waals surface area contributed by atoms with Crippen LogP contribution in [0.1, 0.15) is 62.6 Å². The Morgan fingerprint density at radius 1 is 1.27 bits per heavy atom. The predicted octanol–water partition coefficient (Wildman–Crippen LogP) is 2.89. The third kappa shape index (κ3) is 5.11. The van der Waals surface area contributed by atoms with Crippen molar-refractivity contribution in [2.45, 2.75) is 57.6 Å². The molecule has 0 saturated carbocycles. The molecule has 0 radical (unpaired) electrons. The summed E-state index contributed by atoms with van der Waals surface area (Å²) in [6.45, 7) is 5.58. The number of ether oxygens (including phenoxy) is 1. The summed E-state index contributed by atoms with van der Waals surface area (Å²) in [7, 11) is 0. The van der Waals surface area contributed by atoms with Gasteiger partial charge in [-0.3, -0.25) is 4.79 Å². The highest BCUT2D eigenvalue weighted by Crippen LogP contribution is 2.18. The van der Waals surface area contributed by atoms with Crippen LogP contribution in [-0.2, 0) is 9.53 Å². The molecule has 1 aliphatic rings. The zero-order chi connectivity index (χ0) is 15.9. The topological polar surface area (TPSA) is 64.3 Å². The highest BCUT2D eigenvalue weighted by Gasteiger charge is 2.18. The number of hydrogen-bond donors (Lipinski definition) is 2. The Morgan fingerprint density at radius 3 is 2.55 bits per heavy atom. The van der Waals surface area contributed by atoms with Crippen LogP contribution < -0.4 is 11.1 Å². The first kappa shape index (κ1) is 17.0. The Labute approximate surface area is 133 Å². The van der Waals surface area contributed by atoms with E-state index in [1.807, 2.05) is 0 Å². The molecule has 4 heteroatoms. The predicted molar refractivity (Wildman–Crippen MR) is 88.7 cm³/mol. The van der Waals surface area contributed by atoms with Gasteiger partial charge in [0.2, 0.25) is 5.91 Å². The minimum Gasteiger partial charge on any atom is -0.378 e. The van der Waals surface area contributed by atoms with Gasteiger partial charge < -0.3 is 15.8 Å². The van der Waals surface area contributed by atoms with Gasteiger partial charge in [0.1, 0.15) is 0 Å². The van der Waals surface area contributed by atoms with E-state index in [0.29, 0.717) is 18.9 Å². The third-order valence-corrected chi connectivity index (χ3v) is 4.24. The molecule has 2 unspecified atom stereocenters. The Balaban J connectivity index is 1.76. The fraction of sp³-hybridized carbons (Fsp3) is 0.611. The molecule has 3 N–H and O–H groups in total. The van der Waals surface area contributed by atoms with Crippen molar-refractivity contribution < 1.29 is 9.53 Å². The van der Waals surface area contributed by atoms with Crippen LogP contribution in [0.5, 0.6) is 0 Å². The number of nitrogens with one attached hydrogen (secondary N) is 1. The van der Waals surface area contributed by atoms with Gasteiger partial charge >= 0.3 is 0 Å². The standard InChI is InChI=1S/C18H28N2O2/c1-13(2)14-6-8-15(9-7-14)17(19)12-20-18(21)11-16-5-3-4-10-22-16/h6-9,13,16-17H,3-5,10-12,19H2,1-2H3,(H,20,21). The molecule has 1 aliphatic heterocycles. The molecule has 4 nitrogen and oxygen atoms in total. The average Bonchev–Trinajstić information content (AvgIpc) is 2.53. The van der Waals surface area contributed by atoms with E-state index in [0.717, 1.165) is 31.4 Å². The zero-order valence-corrected chi connectivity index (χ0v) is 13.7. The van der Waals surface area contributed by atoms with Crippen LogP contribution in [0.3, 0.4) is 0 Å². The first-order valence-electron chi connectivity index (χ1n) is 8.30. The highest BCUT2D eigenvalue weighted by molar-refractivity contribution is 5.76. The molecule has 22 heavy (non-hydrogen) atoms. The van der Waals surface area contributed by atoms with Crippen LogP contribution in [0.25, 0.3) is 0 Å². The fourth-order valence-electron chi connectivity index (χ4n) is 2.72. The highest BCUT2D eigenvalue weighted by atomic mass is 16.5. The van der Waals surface area contributed by atoms with Gasteiger partial charge in [0.25, 0.3) is 0 Å². The molecule has 2 atom stereocenters. The Bertz CT molecular complexity index is 464. The Hall–Kier alpha value is -1.39. The number of hydrogen-bond acceptors (Lipinski definition) is 3. The van der Waals surface area contributed by atoms with Crippen molar-refractivity contribution in [3.8, 4) is 0 Å². The number of rotatable bonds is 6. The number of benzene rings is 1. The summed E-state index contributed by atoms with van der Waals surface area (Å²) in [4.78, 5) is 11.9. The van der Waals surface area contributed by atoms with Gasteiger partial charge in [-0.1, -0.05) is 38.1 Å². The van der Waals surface area contributed by atoms with Crippen LogP contribution in [0.2, 0.25) is 0 Å². The molecule has 0 aromatic heterocycles. The quantitative estimate of drug-likeness (QED) is 0.849. The van der Waals surface area contributed by atoms with Crippen molar-refractivity contribution in [3.63, 3.8) is 0 Å². The van der Waals surface area contributed by atoms with E-state index in [2.05, 4.69) is 43.4 Å². The molecule has 1 saturated heterocycles. The van der Waals surface area contributed by atoms with E-state index in [9.17, 15) is 4.79 Å². The minimum absolute atomic E-state index is 0.0288. The normalized spacial score (nSPS) is 19.9. The summed E-state index contributed by atoms with van der Waals surface area (Å²) in [6, 6.07) is 8.15. The molecule has 0 aliphatic carbocycles. The molecule has 0 spiro atoms. The number of carbonyl (C=O) groups is 1. The SMILES string of the molecule is CC(C)c1ccc(C(N)CNC(=O)CC2CCCCO2)cc1. The molecular weight excluding hydrogens is 276 g/mol. The van der Waals surface area contributed by atoms with E-state index in [-0.39, 0.29) is 18.1 Å². The van der Waals surface area contributed by atoms with E-state index < -0.39 is 0 Å². The summed E-state index contributed by atoms with van der Waals surface area (Å²) in [5, 5.41) is 2.92. The van der Waals surface area contributed by atoms with Crippen LogP contribution in [0.4, 0.5) is 0 Å². The summed E-state index contributed by atoms with van der Waals surface area (Å²) in [5.74, 6) is 0.543.